The lowest BCUT2D eigenvalue weighted by Crippen LogP contribution is -2.29. The van der Waals surface area contributed by atoms with Gasteiger partial charge in [0.2, 0.25) is 0 Å². The molecule has 0 aromatic rings. The molecule has 3 nitrogen and oxygen atoms in total. The van der Waals surface area contributed by atoms with E-state index in [1.54, 1.807) is 0 Å². The van der Waals surface area contributed by atoms with Gasteiger partial charge in [-0.25, -0.2) is 4.79 Å². The van der Waals surface area contributed by atoms with Crippen LogP contribution in [-0.4, -0.2) is 30.7 Å². The molecule has 11 heavy (non-hydrogen) atoms. The highest BCUT2D eigenvalue weighted by molar-refractivity contribution is 5.81. The second-order valence-electron chi connectivity index (χ2n) is 2.72. The van der Waals surface area contributed by atoms with Crippen LogP contribution in [0.4, 0.5) is 0 Å². The third-order valence-electron chi connectivity index (χ3n) is 1.87. The summed E-state index contributed by atoms with van der Waals surface area (Å²) < 4.78 is 5.04. The van der Waals surface area contributed by atoms with Crippen LogP contribution in [0.1, 0.15) is 12.8 Å². The van der Waals surface area contributed by atoms with Crippen LogP contribution in [0.2, 0.25) is 0 Å². The van der Waals surface area contributed by atoms with Gasteiger partial charge in [-0.2, -0.15) is 0 Å². The highest BCUT2D eigenvalue weighted by Gasteiger charge is 2.23. The number of nitrogens with zero attached hydrogens (tertiary/aromatic N) is 1. The Morgan fingerprint density at radius 1 is 1.82 bits per heavy atom. The van der Waals surface area contributed by atoms with Crippen LogP contribution in [0.15, 0.2) is 12.7 Å². The van der Waals surface area contributed by atoms with Crippen molar-refractivity contribution in [3.8, 4) is 0 Å². The van der Waals surface area contributed by atoms with Gasteiger partial charge in [0.15, 0.2) is 6.23 Å². The van der Waals surface area contributed by atoms with E-state index in [9.17, 15) is 4.79 Å². The molecule has 1 atom stereocenters. The van der Waals surface area contributed by atoms with Gasteiger partial charge in [-0.1, -0.05) is 6.58 Å². The largest absolute Gasteiger partial charge is 0.443 e. The Bertz CT molecular complexity index is 167. The summed E-state index contributed by atoms with van der Waals surface area (Å²) in [6, 6.07) is 0. The standard InChI is InChI=1S/C8H13NO2/c1-3-8(10)11-7-5-4-6-9(7)2/h3,7H,1,4-6H2,2H3/t7-/m1/s1. The number of hydrogen-bond donors (Lipinski definition) is 0. The number of rotatable bonds is 2. The van der Waals surface area contributed by atoms with E-state index in [1.165, 1.54) is 6.08 Å². The van der Waals surface area contributed by atoms with E-state index in [4.69, 9.17) is 4.74 Å². The Labute approximate surface area is 66.6 Å². The highest BCUT2D eigenvalue weighted by Crippen LogP contribution is 2.15. The molecule has 1 aliphatic rings. The molecular formula is C8H13NO2. The SMILES string of the molecule is C=CC(=O)O[C@@H]1CCCN1C. The summed E-state index contributed by atoms with van der Waals surface area (Å²) in [4.78, 5) is 12.8. The first-order chi connectivity index (χ1) is 5.24. The van der Waals surface area contributed by atoms with Crippen LogP contribution in [0.5, 0.6) is 0 Å². The second-order valence-corrected chi connectivity index (χ2v) is 2.72. The first-order valence-corrected chi connectivity index (χ1v) is 3.77. The molecular weight excluding hydrogens is 142 g/mol. The molecule has 1 rings (SSSR count). The van der Waals surface area contributed by atoms with Crippen molar-refractivity contribution < 1.29 is 9.53 Å². The number of hydrogen-bond acceptors (Lipinski definition) is 3. The molecule has 1 aliphatic heterocycles. The lowest BCUT2D eigenvalue weighted by Gasteiger charge is -2.18. The summed E-state index contributed by atoms with van der Waals surface area (Å²) in [5.74, 6) is -0.330. The Kier molecular flexibility index (Phi) is 2.65. The topological polar surface area (TPSA) is 29.5 Å². The minimum atomic E-state index is -0.330. The van der Waals surface area contributed by atoms with Crippen LogP contribution in [0.3, 0.4) is 0 Å². The van der Waals surface area contributed by atoms with Crippen molar-refractivity contribution in [1.29, 1.82) is 0 Å². The third-order valence-corrected chi connectivity index (χ3v) is 1.87. The molecule has 1 saturated heterocycles. The molecule has 0 bridgehead atoms. The van der Waals surface area contributed by atoms with E-state index in [0.29, 0.717) is 0 Å². The van der Waals surface area contributed by atoms with E-state index in [1.807, 2.05) is 11.9 Å². The van der Waals surface area contributed by atoms with Gasteiger partial charge in [0, 0.05) is 12.6 Å². The summed E-state index contributed by atoms with van der Waals surface area (Å²) in [6.45, 7) is 4.34. The predicted octanol–water partition coefficient (Wildman–Crippen LogP) is 0.767. The maximum Gasteiger partial charge on any atom is 0.331 e. The Balaban J connectivity index is 2.36. The van der Waals surface area contributed by atoms with Crippen LogP contribution < -0.4 is 0 Å². The quantitative estimate of drug-likeness (QED) is 0.435. The third kappa shape index (κ3) is 2.05. The van der Waals surface area contributed by atoms with Crippen molar-refractivity contribution in [3.63, 3.8) is 0 Å². The van der Waals surface area contributed by atoms with Gasteiger partial charge in [0.25, 0.3) is 0 Å². The van der Waals surface area contributed by atoms with Crippen LogP contribution in [0.25, 0.3) is 0 Å². The Morgan fingerprint density at radius 3 is 3.00 bits per heavy atom. The van der Waals surface area contributed by atoms with Gasteiger partial charge < -0.3 is 4.74 Å². The lowest BCUT2D eigenvalue weighted by atomic mass is 10.4. The van der Waals surface area contributed by atoms with Crippen molar-refractivity contribution in [2.24, 2.45) is 0 Å². The molecule has 1 heterocycles. The zero-order valence-corrected chi connectivity index (χ0v) is 6.75. The number of ether oxygens (including phenoxy) is 1. The van der Waals surface area contributed by atoms with Crippen LogP contribution >= 0.6 is 0 Å². The summed E-state index contributed by atoms with van der Waals surface area (Å²) in [5.41, 5.74) is 0. The molecule has 0 amide bonds. The van der Waals surface area contributed by atoms with E-state index in [-0.39, 0.29) is 12.2 Å². The summed E-state index contributed by atoms with van der Waals surface area (Å²) in [6.07, 6.45) is 3.22. The molecule has 0 spiro atoms. The van der Waals surface area contributed by atoms with E-state index < -0.39 is 0 Å². The van der Waals surface area contributed by atoms with E-state index in [2.05, 4.69) is 6.58 Å². The fourth-order valence-corrected chi connectivity index (χ4v) is 1.21. The first-order valence-electron chi connectivity index (χ1n) is 3.77. The molecule has 62 valence electrons. The van der Waals surface area contributed by atoms with Crippen molar-refractivity contribution in [3.05, 3.63) is 12.7 Å². The number of esters is 1. The normalized spacial score (nSPS) is 25.0. The van der Waals surface area contributed by atoms with Gasteiger partial charge in [-0.05, 0) is 19.9 Å². The molecule has 3 heteroatoms. The van der Waals surface area contributed by atoms with Gasteiger partial charge in [-0.3, -0.25) is 4.90 Å². The predicted molar refractivity (Wildman–Crippen MR) is 41.9 cm³/mol. The average molecular weight is 155 g/mol. The second kappa shape index (κ2) is 3.53. The van der Waals surface area contributed by atoms with Crippen molar-refractivity contribution in [2.75, 3.05) is 13.6 Å². The van der Waals surface area contributed by atoms with Crippen molar-refractivity contribution in [1.82, 2.24) is 4.90 Å². The summed E-state index contributed by atoms with van der Waals surface area (Å²) in [7, 11) is 1.95. The maximum absolute atomic E-state index is 10.7. The molecule has 0 aromatic heterocycles. The van der Waals surface area contributed by atoms with Gasteiger partial charge in [0.05, 0.1) is 0 Å². The minimum absolute atomic E-state index is 0.0273. The van der Waals surface area contributed by atoms with Crippen molar-refractivity contribution >= 4 is 5.97 Å². The smallest absolute Gasteiger partial charge is 0.331 e. The monoisotopic (exact) mass is 155 g/mol. The first kappa shape index (κ1) is 8.27. The van der Waals surface area contributed by atoms with E-state index in [0.717, 1.165) is 19.4 Å². The van der Waals surface area contributed by atoms with Crippen LogP contribution in [-0.2, 0) is 9.53 Å². The van der Waals surface area contributed by atoms with Gasteiger partial charge >= 0.3 is 5.97 Å². The molecule has 0 aliphatic carbocycles. The average Bonchev–Trinajstić information content (AvgIpc) is 2.37. The molecule has 0 aromatic carbocycles. The van der Waals surface area contributed by atoms with Crippen LogP contribution in [0, 0.1) is 0 Å². The fraction of sp³-hybridized carbons (Fsp3) is 0.625. The molecule has 0 saturated carbocycles. The summed E-state index contributed by atoms with van der Waals surface area (Å²) in [5, 5.41) is 0. The number of likely N-dealkylation sites (tertiary alicyclic amines) is 1. The lowest BCUT2D eigenvalue weighted by molar-refractivity contribution is -0.149. The number of carbonyl (C=O) groups is 1. The fourth-order valence-electron chi connectivity index (χ4n) is 1.21. The molecule has 0 N–H and O–H groups in total. The Hall–Kier alpha value is -0.830. The minimum Gasteiger partial charge on any atom is -0.443 e. The zero-order valence-electron chi connectivity index (χ0n) is 6.75. The van der Waals surface area contributed by atoms with Gasteiger partial charge in [-0.15, -0.1) is 0 Å². The van der Waals surface area contributed by atoms with E-state index >= 15 is 0 Å². The molecule has 1 fully saturated rings. The Morgan fingerprint density at radius 2 is 2.55 bits per heavy atom. The highest BCUT2D eigenvalue weighted by atomic mass is 16.6. The molecule has 0 radical (unpaired) electrons. The maximum atomic E-state index is 10.7. The van der Waals surface area contributed by atoms with Gasteiger partial charge in [0.1, 0.15) is 0 Å². The summed E-state index contributed by atoms with van der Waals surface area (Å²) >= 11 is 0. The molecule has 0 unspecified atom stereocenters. The van der Waals surface area contributed by atoms with Crippen molar-refractivity contribution in [2.45, 2.75) is 19.1 Å². The number of carbonyl (C=O) groups excluding carboxylic acids is 1. The zero-order chi connectivity index (χ0) is 8.27.